The second kappa shape index (κ2) is 5.29. The molecule has 0 amide bonds. The average Bonchev–Trinajstić information content (AvgIpc) is 2.65. The van der Waals surface area contributed by atoms with Crippen LogP contribution in [0.3, 0.4) is 0 Å². The Kier molecular flexibility index (Phi) is 3.76. The number of nitrogens with zero attached hydrogens (tertiary/aromatic N) is 2. The molecule has 4 heteroatoms. The van der Waals surface area contributed by atoms with Crippen molar-refractivity contribution in [1.82, 2.24) is 14.9 Å². The highest BCUT2D eigenvalue weighted by Crippen LogP contribution is 2.15. The number of rotatable bonds is 5. The van der Waals surface area contributed by atoms with Gasteiger partial charge in [0.05, 0.1) is 17.6 Å². The largest absolute Gasteiger partial charge is 0.395 e. The Hall–Kier alpha value is -1.39. The van der Waals surface area contributed by atoms with Gasteiger partial charge in [-0.1, -0.05) is 19.1 Å². The Balaban J connectivity index is 2.31. The Morgan fingerprint density at radius 2 is 2.18 bits per heavy atom. The molecule has 0 saturated carbocycles. The number of imidazole rings is 1. The predicted molar refractivity (Wildman–Crippen MR) is 69.0 cm³/mol. The van der Waals surface area contributed by atoms with Gasteiger partial charge >= 0.3 is 0 Å². The molecule has 0 saturated heterocycles. The lowest BCUT2D eigenvalue weighted by molar-refractivity contribution is 0.231. The molecule has 1 aromatic heterocycles. The Morgan fingerprint density at radius 1 is 1.41 bits per heavy atom. The van der Waals surface area contributed by atoms with Gasteiger partial charge in [0.2, 0.25) is 0 Å². The highest BCUT2D eigenvalue weighted by atomic mass is 16.3. The summed E-state index contributed by atoms with van der Waals surface area (Å²) in [6.45, 7) is 5.79. The van der Waals surface area contributed by atoms with Crippen LogP contribution < -0.4 is 5.32 Å². The summed E-state index contributed by atoms with van der Waals surface area (Å²) in [5.41, 5.74) is 2.14. The van der Waals surface area contributed by atoms with Gasteiger partial charge in [-0.15, -0.1) is 0 Å². The van der Waals surface area contributed by atoms with Gasteiger partial charge in [0.1, 0.15) is 5.82 Å². The Bertz CT molecular complexity index is 492. The van der Waals surface area contributed by atoms with Crippen molar-refractivity contribution in [2.75, 3.05) is 13.2 Å². The summed E-state index contributed by atoms with van der Waals surface area (Å²) in [7, 11) is 0. The average molecular weight is 233 g/mol. The first-order valence-corrected chi connectivity index (χ1v) is 6.02. The van der Waals surface area contributed by atoms with Crippen molar-refractivity contribution in [3.63, 3.8) is 0 Å². The molecule has 0 bridgehead atoms. The van der Waals surface area contributed by atoms with Crippen LogP contribution in [0.5, 0.6) is 0 Å². The molecular formula is C13H19N3O. The fourth-order valence-corrected chi connectivity index (χ4v) is 2.12. The summed E-state index contributed by atoms with van der Waals surface area (Å²) in [6.07, 6.45) is 0. The maximum Gasteiger partial charge on any atom is 0.106 e. The standard InChI is InChI=1S/C13H19N3O/c1-3-14-11(9-17)8-16-10(2)15-12-6-4-5-7-13(12)16/h4-7,11,14,17H,3,8-9H2,1-2H3. The first kappa shape index (κ1) is 12.1. The van der Waals surface area contributed by atoms with E-state index in [0.717, 1.165) is 29.9 Å². The van der Waals surface area contributed by atoms with E-state index in [0.29, 0.717) is 0 Å². The zero-order valence-corrected chi connectivity index (χ0v) is 10.3. The van der Waals surface area contributed by atoms with Crippen molar-refractivity contribution in [2.45, 2.75) is 26.4 Å². The molecule has 0 aliphatic heterocycles. The van der Waals surface area contributed by atoms with E-state index < -0.39 is 0 Å². The molecule has 0 fully saturated rings. The second-order valence-corrected chi connectivity index (χ2v) is 4.20. The van der Waals surface area contributed by atoms with Gasteiger partial charge in [-0.3, -0.25) is 0 Å². The molecule has 2 N–H and O–H groups in total. The lowest BCUT2D eigenvalue weighted by Crippen LogP contribution is -2.36. The van der Waals surface area contributed by atoms with Gasteiger partial charge in [-0.05, 0) is 25.6 Å². The minimum atomic E-state index is 0.0799. The van der Waals surface area contributed by atoms with E-state index in [4.69, 9.17) is 0 Å². The summed E-state index contributed by atoms with van der Waals surface area (Å²) in [4.78, 5) is 4.51. The minimum Gasteiger partial charge on any atom is -0.395 e. The molecule has 2 aromatic rings. The summed E-state index contributed by atoms with van der Waals surface area (Å²) in [5.74, 6) is 0.988. The fourth-order valence-electron chi connectivity index (χ4n) is 2.12. The van der Waals surface area contributed by atoms with Crippen molar-refractivity contribution in [2.24, 2.45) is 0 Å². The monoisotopic (exact) mass is 233 g/mol. The van der Waals surface area contributed by atoms with E-state index in [1.807, 2.05) is 32.0 Å². The first-order chi connectivity index (χ1) is 8.26. The van der Waals surface area contributed by atoms with Gasteiger partial charge in [-0.25, -0.2) is 4.98 Å². The fraction of sp³-hybridized carbons (Fsp3) is 0.462. The zero-order valence-electron chi connectivity index (χ0n) is 10.3. The topological polar surface area (TPSA) is 50.1 Å². The molecule has 2 rings (SSSR count). The van der Waals surface area contributed by atoms with Crippen molar-refractivity contribution in [3.8, 4) is 0 Å². The number of benzene rings is 1. The molecule has 0 radical (unpaired) electrons. The Labute approximate surface area is 101 Å². The molecule has 92 valence electrons. The highest BCUT2D eigenvalue weighted by Gasteiger charge is 2.11. The second-order valence-electron chi connectivity index (χ2n) is 4.20. The number of nitrogens with one attached hydrogen (secondary N) is 1. The van der Waals surface area contributed by atoms with E-state index >= 15 is 0 Å². The number of aliphatic hydroxyl groups excluding tert-OH is 1. The number of fused-ring (bicyclic) bond motifs is 1. The van der Waals surface area contributed by atoms with E-state index in [-0.39, 0.29) is 12.6 Å². The van der Waals surface area contributed by atoms with E-state index in [1.54, 1.807) is 0 Å². The number of hydrogen-bond donors (Lipinski definition) is 2. The van der Waals surface area contributed by atoms with Crippen LogP contribution in [0, 0.1) is 6.92 Å². The third-order valence-corrected chi connectivity index (χ3v) is 2.96. The number of aliphatic hydroxyl groups is 1. The van der Waals surface area contributed by atoms with E-state index in [9.17, 15) is 5.11 Å². The maximum atomic E-state index is 9.32. The summed E-state index contributed by atoms with van der Waals surface area (Å²) in [6, 6.07) is 8.17. The third kappa shape index (κ3) is 2.48. The quantitative estimate of drug-likeness (QED) is 0.818. The van der Waals surface area contributed by atoms with Gasteiger partial charge in [0.25, 0.3) is 0 Å². The van der Waals surface area contributed by atoms with Crippen molar-refractivity contribution in [3.05, 3.63) is 30.1 Å². The lowest BCUT2D eigenvalue weighted by Gasteiger charge is -2.17. The third-order valence-electron chi connectivity index (χ3n) is 2.96. The van der Waals surface area contributed by atoms with Gasteiger partial charge < -0.3 is 15.0 Å². The summed E-state index contributed by atoms with van der Waals surface area (Å²) >= 11 is 0. The molecule has 0 spiro atoms. The SMILES string of the molecule is CCNC(CO)Cn1c(C)nc2ccccc21. The van der Waals surface area contributed by atoms with Crippen molar-refractivity contribution in [1.29, 1.82) is 0 Å². The number of likely N-dealkylation sites (N-methyl/N-ethyl adjacent to an activating group) is 1. The zero-order chi connectivity index (χ0) is 12.3. The van der Waals surface area contributed by atoms with Crippen LogP contribution in [0.15, 0.2) is 24.3 Å². The van der Waals surface area contributed by atoms with E-state index in [1.165, 1.54) is 0 Å². The van der Waals surface area contributed by atoms with Crippen molar-refractivity contribution < 1.29 is 5.11 Å². The number of aromatic nitrogens is 2. The van der Waals surface area contributed by atoms with Crippen LogP contribution in [0.1, 0.15) is 12.7 Å². The van der Waals surface area contributed by atoms with Gasteiger partial charge in [-0.2, -0.15) is 0 Å². The molecule has 17 heavy (non-hydrogen) atoms. The van der Waals surface area contributed by atoms with Gasteiger partial charge in [0, 0.05) is 12.6 Å². The van der Waals surface area contributed by atoms with E-state index in [2.05, 4.69) is 20.9 Å². The molecule has 0 aliphatic carbocycles. The predicted octanol–water partition coefficient (Wildman–Crippen LogP) is 1.32. The number of aryl methyl sites for hydroxylation is 1. The Morgan fingerprint density at radius 3 is 2.88 bits per heavy atom. The number of para-hydroxylation sites is 2. The van der Waals surface area contributed by atoms with Crippen LogP contribution in [0.2, 0.25) is 0 Å². The van der Waals surface area contributed by atoms with Crippen LogP contribution in [-0.4, -0.2) is 33.9 Å². The smallest absolute Gasteiger partial charge is 0.106 e. The van der Waals surface area contributed by atoms with Crippen LogP contribution in [0.4, 0.5) is 0 Å². The number of hydrogen-bond acceptors (Lipinski definition) is 3. The molecule has 1 aromatic carbocycles. The highest BCUT2D eigenvalue weighted by molar-refractivity contribution is 5.75. The maximum absolute atomic E-state index is 9.32. The first-order valence-electron chi connectivity index (χ1n) is 6.02. The molecular weight excluding hydrogens is 214 g/mol. The molecule has 1 unspecified atom stereocenters. The van der Waals surface area contributed by atoms with Gasteiger partial charge in [0.15, 0.2) is 0 Å². The molecule has 4 nitrogen and oxygen atoms in total. The summed E-state index contributed by atoms with van der Waals surface area (Å²) < 4.78 is 2.15. The molecule has 1 atom stereocenters. The van der Waals surface area contributed by atoms with Crippen LogP contribution >= 0.6 is 0 Å². The van der Waals surface area contributed by atoms with Crippen LogP contribution in [0.25, 0.3) is 11.0 Å². The molecule has 1 heterocycles. The molecule has 0 aliphatic rings. The lowest BCUT2D eigenvalue weighted by atomic mass is 10.2. The summed E-state index contributed by atoms with van der Waals surface area (Å²) in [5, 5.41) is 12.6. The van der Waals surface area contributed by atoms with Crippen LogP contribution in [-0.2, 0) is 6.54 Å². The van der Waals surface area contributed by atoms with Crippen molar-refractivity contribution >= 4 is 11.0 Å². The minimum absolute atomic E-state index is 0.0799. The normalized spacial score (nSPS) is 13.1.